The highest BCUT2D eigenvalue weighted by Gasteiger charge is 2.13. The van der Waals surface area contributed by atoms with Crippen molar-refractivity contribution in [2.75, 3.05) is 21.2 Å². The molecule has 0 spiro atoms. The standard InChI is InChI=1S/C18H18ClN3O2/c1-21(2)11-22-18(23)15-9-8-14(24-3)10-16(15)17(20-22)12-4-6-13(19)7-5-12/h4-10H,11H2,1-3H3. The number of hydrogen-bond acceptors (Lipinski definition) is 4. The second-order valence-electron chi connectivity index (χ2n) is 5.79. The third-order valence-electron chi connectivity index (χ3n) is 3.70. The molecule has 0 saturated carbocycles. The molecular weight excluding hydrogens is 326 g/mol. The van der Waals surface area contributed by atoms with Crippen LogP contribution in [0.1, 0.15) is 0 Å². The summed E-state index contributed by atoms with van der Waals surface area (Å²) in [6, 6.07) is 12.8. The van der Waals surface area contributed by atoms with E-state index in [4.69, 9.17) is 16.3 Å². The van der Waals surface area contributed by atoms with Crippen LogP contribution in [0.5, 0.6) is 5.75 Å². The summed E-state index contributed by atoms with van der Waals surface area (Å²) in [4.78, 5) is 14.6. The van der Waals surface area contributed by atoms with Gasteiger partial charge in [0.05, 0.1) is 24.9 Å². The summed E-state index contributed by atoms with van der Waals surface area (Å²) in [5, 5.41) is 6.60. The molecule has 0 aliphatic carbocycles. The maximum atomic E-state index is 12.7. The van der Waals surface area contributed by atoms with Crippen molar-refractivity contribution in [1.82, 2.24) is 14.7 Å². The number of halogens is 1. The SMILES string of the molecule is COc1ccc2c(=O)n(CN(C)C)nc(-c3ccc(Cl)cc3)c2c1. The van der Waals surface area contributed by atoms with Crippen LogP contribution in [0.15, 0.2) is 47.3 Å². The van der Waals surface area contributed by atoms with Gasteiger partial charge in [0.25, 0.3) is 5.56 Å². The van der Waals surface area contributed by atoms with Crippen LogP contribution in [-0.2, 0) is 6.67 Å². The van der Waals surface area contributed by atoms with Crippen molar-refractivity contribution in [1.29, 1.82) is 0 Å². The molecule has 0 radical (unpaired) electrons. The molecule has 6 heteroatoms. The molecule has 1 aromatic heterocycles. The summed E-state index contributed by atoms with van der Waals surface area (Å²) in [7, 11) is 5.40. The van der Waals surface area contributed by atoms with Crippen LogP contribution in [0.25, 0.3) is 22.0 Å². The highest BCUT2D eigenvalue weighted by atomic mass is 35.5. The van der Waals surface area contributed by atoms with E-state index in [0.29, 0.717) is 22.8 Å². The summed E-state index contributed by atoms with van der Waals surface area (Å²) < 4.78 is 6.77. The normalized spacial score (nSPS) is 11.2. The van der Waals surface area contributed by atoms with Crippen LogP contribution in [0.4, 0.5) is 0 Å². The molecule has 2 aromatic carbocycles. The van der Waals surface area contributed by atoms with E-state index in [1.807, 2.05) is 49.3 Å². The Morgan fingerprint density at radius 2 is 1.83 bits per heavy atom. The van der Waals surface area contributed by atoms with Crippen molar-refractivity contribution >= 4 is 22.4 Å². The highest BCUT2D eigenvalue weighted by Crippen LogP contribution is 2.28. The van der Waals surface area contributed by atoms with Gasteiger partial charge in [0.15, 0.2) is 0 Å². The number of ether oxygens (including phenoxy) is 1. The van der Waals surface area contributed by atoms with Crippen molar-refractivity contribution in [3.05, 3.63) is 57.8 Å². The zero-order chi connectivity index (χ0) is 17.3. The molecule has 0 fully saturated rings. The number of benzene rings is 2. The summed E-state index contributed by atoms with van der Waals surface area (Å²) in [5.74, 6) is 0.685. The molecule has 0 aliphatic rings. The van der Waals surface area contributed by atoms with E-state index in [2.05, 4.69) is 5.10 Å². The topological polar surface area (TPSA) is 47.4 Å². The fourth-order valence-electron chi connectivity index (χ4n) is 2.58. The second-order valence-corrected chi connectivity index (χ2v) is 6.23. The monoisotopic (exact) mass is 343 g/mol. The lowest BCUT2D eigenvalue weighted by Crippen LogP contribution is -2.30. The van der Waals surface area contributed by atoms with Gasteiger partial charge >= 0.3 is 0 Å². The Balaban J connectivity index is 2.33. The minimum Gasteiger partial charge on any atom is -0.497 e. The molecule has 0 unspecified atom stereocenters. The summed E-state index contributed by atoms with van der Waals surface area (Å²) in [6.07, 6.45) is 0. The maximum absolute atomic E-state index is 12.7. The van der Waals surface area contributed by atoms with Crippen molar-refractivity contribution in [2.24, 2.45) is 0 Å². The van der Waals surface area contributed by atoms with E-state index >= 15 is 0 Å². The first-order chi connectivity index (χ1) is 11.5. The van der Waals surface area contributed by atoms with Crippen molar-refractivity contribution in [3.63, 3.8) is 0 Å². The number of rotatable bonds is 4. The number of hydrogen-bond donors (Lipinski definition) is 0. The third-order valence-corrected chi connectivity index (χ3v) is 3.95. The van der Waals surface area contributed by atoms with Crippen LogP contribution < -0.4 is 10.3 Å². The van der Waals surface area contributed by atoms with Gasteiger partial charge < -0.3 is 4.74 Å². The van der Waals surface area contributed by atoms with Crippen molar-refractivity contribution in [3.8, 4) is 17.0 Å². The number of fused-ring (bicyclic) bond motifs is 1. The quantitative estimate of drug-likeness (QED) is 0.729. The Kier molecular flexibility index (Phi) is 4.55. The Morgan fingerprint density at radius 3 is 2.46 bits per heavy atom. The molecule has 0 saturated heterocycles. The molecule has 0 bridgehead atoms. The van der Waals surface area contributed by atoms with Gasteiger partial charge in [0.2, 0.25) is 0 Å². The Bertz CT molecular complexity index is 933. The molecule has 124 valence electrons. The lowest BCUT2D eigenvalue weighted by atomic mass is 10.0. The fourth-order valence-corrected chi connectivity index (χ4v) is 2.70. The predicted octanol–water partition coefficient (Wildman–Crippen LogP) is 3.24. The maximum Gasteiger partial charge on any atom is 0.275 e. The van der Waals surface area contributed by atoms with Gasteiger partial charge in [-0.05, 0) is 44.4 Å². The van der Waals surface area contributed by atoms with Crippen LogP contribution >= 0.6 is 11.6 Å². The lowest BCUT2D eigenvalue weighted by molar-refractivity contribution is 0.300. The summed E-state index contributed by atoms with van der Waals surface area (Å²) in [6.45, 7) is 0.404. The smallest absolute Gasteiger partial charge is 0.275 e. The number of methoxy groups -OCH3 is 1. The highest BCUT2D eigenvalue weighted by molar-refractivity contribution is 6.30. The molecule has 1 heterocycles. The predicted molar refractivity (Wildman–Crippen MR) is 96.7 cm³/mol. The van der Waals surface area contributed by atoms with Crippen LogP contribution in [0.2, 0.25) is 5.02 Å². The second kappa shape index (κ2) is 6.63. The van der Waals surface area contributed by atoms with Crippen LogP contribution in [0.3, 0.4) is 0 Å². The van der Waals surface area contributed by atoms with Crippen molar-refractivity contribution < 1.29 is 4.74 Å². The number of nitrogens with zero attached hydrogens (tertiary/aromatic N) is 3. The van der Waals surface area contributed by atoms with Crippen molar-refractivity contribution in [2.45, 2.75) is 6.67 Å². The molecule has 0 N–H and O–H groups in total. The Labute approximate surface area is 145 Å². The zero-order valence-electron chi connectivity index (χ0n) is 13.8. The summed E-state index contributed by atoms with van der Waals surface area (Å²) >= 11 is 5.99. The average Bonchev–Trinajstić information content (AvgIpc) is 2.57. The first kappa shape index (κ1) is 16.5. The van der Waals surface area contributed by atoms with E-state index in [0.717, 1.165) is 16.6 Å². The number of aromatic nitrogens is 2. The minimum absolute atomic E-state index is 0.126. The molecular formula is C18H18ClN3O2. The lowest BCUT2D eigenvalue weighted by Gasteiger charge is -2.15. The van der Waals surface area contributed by atoms with E-state index in [1.165, 1.54) is 4.68 Å². The molecule has 3 rings (SSSR count). The van der Waals surface area contributed by atoms with Crippen LogP contribution in [0, 0.1) is 0 Å². The van der Waals surface area contributed by atoms with Gasteiger partial charge in [-0.15, -0.1) is 0 Å². The average molecular weight is 344 g/mol. The van der Waals surface area contributed by atoms with Gasteiger partial charge in [-0.25, -0.2) is 4.68 Å². The first-order valence-electron chi connectivity index (χ1n) is 7.49. The molecule has 24 heavy (non-hydrogen) atoms. The summed E-state index contributed by atoms with van der Waals surface area (Å²) in [5.41, 5.74) is 1.49. The molecule has 0 aliphatic heterocycles. The van der Waals surface area contributed by atoms with Gasteiger partial charge in [-0.2, -0.15) is 5.10 Å². The van der Waals surface area contributed by atoms with E-state index in [9.17, 15) is 4.79 Å². The largest absolute Gasteiger partial charge is 0.497 e. The Hall–Kier alpha value is -2.37. The molecule has 5 nitrogen and oxygen atoms in total. The van der Waals surface area contributed by atoms with Gasteiger partial charge in [-0.3, -0.25) is 9.69 Å². The van der Waals surface area contributed by atoms with Gasteiger partial charge in [0.1, 0.15) is 5.75 Å². The van der Waals surface area contributed by atoms with E-state index in [-0.39, 0.29) is 5.56 Å². The minimum atomic E-state index is -0.126. The third kappa shape index (κ3) is 3.13. The fraction of sp³-hybridized carbons (Fsp3) is 0.222. The van der Waals surface area contributed by atoms with E-state index in [1.54, 1.807) is 19.2 Å². The Morgan fingerprint density at radius 1 is 1.12 bits per heavy atom. The first-order valence-corrected chi connectivity index (χ1v) is 7.87. The molecule has 0 atom stereocenters. The van der Waals surface area contributed by atoms with Gasteiger partial charge in [-0.1, -0.05) is 23.7 Å². The van der Waals surface area contributed by atoms with Gasteiger partial charge in [0, 0.05) is 16.0 Å². The zero-order valence-corrected chi connectivity index (χ0v) is 14.5. The van der Waals surface area contributed by atoms with E-state index < -0.39 is 0 Å². The van der Waals surface area contributed by atoms with Crippen LogP contribution in [-0.4, -0.2) is 35.9 Å². The molecule has 0 amide bonds. The molecule has 3 aromatic rings.